The molecule has 0 fully saturated rings. The van der Waals surface area contributed by atoms with Gasteiger partial charge in [0.15, 0.2) is 0 Å². The molecule has 0 saturated carbocycles. The van der Waals surface area contributed by atoms with E-state index in [9.17, 15) is 0 Å². The third-order valence-corrected chi connectivity index (χ3v) is 3.84. The molecule has 0 heterocycles. The molecular formula is C16H26ClN. The number of benzene rings is 1. The van der Waals surface area contributed by atoms with Crippen molar-refractivity contribution >= 4 is 11.6 Å². The third-order valence-electron chi connectivity index (χ3n) is 3.47. The Morgan fingerprint density at radius 1 is 1.22 bits per heavy atom. The van der Waals surface area contributed by atoms with E-state index in [0.29, 0.717) is 11.3 Å². The molecule has 0 spiro atoms. The molecule has 1 N–H and O–H groups in total. The zero-order valence-corrected chi connectivity index (χ0v) is 12.8. The zero-order chi connectivity index (χ0) is 13.6. The second-order valence-corrected chi connectivity index (χ2v) is 6.47. The van der Waals surface area contributed by atoms with Crippen LogP contribution in [-0.2, 0) is 6.42 Å². The lowest BCUT2D eigenvalue weighted by atomic mass is 9.77. The number of hydrogen-bond donors (Lipinski definition) is 1. The van der Waals surface area contributed by atoms with E-state index in [0.717, 1.165) is 24.5 Å². The van der Waals surface area contributed by atoms with Gasteiger partial charge in [0.1, 0.15) is 0 Å². The third kappa shape index (κ3) is 4.99. The minimum absolute atomic E-state index is 0.292. The van der Waals surface area contributed by atoms with Crippen LogP contribution in [0.1, 0.15) is 39.7 Å². The Labute approximate surface area is 117 Å². The fourth-order valence-electron chi connectivity index (χ4n) is 2.07. The molecule has 1 nitrogen and oxygen atoms in total. The topological polar surface area (TPSA) is 12.0 Å². The highest BCUT2D eigenvalue weighted by atomic mass is 35.5. The molecule has 0 aliphatic rings. The summed E-state index contributed by atoms with van der Waals surface area (Å²) >= 11 is 6.26. The first-order chi connectivity index (χ1) is 8.45. The van der Waals surface area contributed by atoms with Gasteiger partial charge in [-0.1, -0.05) is 57.5 Å². The predicted octanol–water partition coefficient (Wildman–Crippen LogP) is 4.54. The van der Waals surface area contributed by atoms with Crippen LogP contribution in [0.4, 0.5) is 0 Å². The summed E-state index contributed by atoms with van der Waals surface area (Å²) in [4.78, 5) is 0. The van der Waals surface area contributed by atoms with Crippen molar-refractivity contribution in [1.82, 2.24) is 5.32 Å². The Bertz CT molecular complexity index is 354. The Balaban J connectivity index is 2.70. The van der Waals surface area contributed by atoms with Gasteiger partial charge in [0.2, 0.25) is 0 Å². The van der Waals surface area contributed by atoms with Gasteiger partial charge in [-0.3, -0.25) is 0 Å². The standard InChI is InChI=1S/C16H26ClN/c1-5-10-18-12-14(16(2,3)4)11-13-8-6-7-9-15(13)17/h6-9,14,18H,5,10-12H2,1-4H3. The van der Waals surface area contributed by atoms with E-state index in [1.807, 2.05) is 12.1 Å². The van der Waals surface area contributed by atoms with Crippen LogP contribution in [0.25, 0.3) is 0 Å². The van der Waals surface area contributed by atoms with Crippen molar-refractivity contribution in [2.24, 2.45) is 11.3 Å². The van der Waals surface area contributed by atoms with Crippen LogP contribution in [-0.4, -0.2) is 13.1 Å². The van der Waals surface area contributed by atoms with E-state index in [-0.39, 0.29) is 0 Å². The fraction of sp³-hybridized carbons (Fsp3) is 0.625. The lowest BCUT2D eigenvalue weighted by molar-refractivity contribution is 0.231. The highest BCUT2D eigenvalue weighted by molar-refractivity contribution is 6.31. The van der Waals surface area contributed by atoms with Gasteiger partial charge in [0.25, 0.3) is 0 Å². The second-order valence-electron chi connectivity index (χ2n) is 6.06. The molecule has 1 aromatic carbocycles. The maximum absolute atomic E-state index is 6.26. The maximum atomic E-state index is 6.26. The molecule has 0 aliphatic heterocycles. The number of nitrogens with one attached hydrogen (secondary N) is 1. The van der Waals surface area contributed by atoms with Crippen molar-refractivity contribution in [3.63, 3.8) is 0 Å². The summed E-state index contributed by atoms with van der Waals surface area (Å²) in [5.74, 6) is 0.601. The lowest BCUT2D eigenvalue weighted by Crippen LogP contribution is -2.33. The van der Waals surface area contributed by atoms with Crippen LogP contribution in [0.3, 0.4) is 0 Å². The van der Waals surface area contributed by atoms with Gasteiger partial charge in [-0.25, -0.2) is 0 Å². The summed E-state index contributed by atoms with van der Waals surface area (Å²) in [5, 5.41) is 4.43. The molecule has 0 aromatic heterocycles. The van der Waals surface area contributed by atoms with Crippen LogP contribution >= 0.6 is 11.6 Å². The first-order valence-electron chi connectivity index (χ1n) is 6.89. The van der Waals surface area contributed by atoms with Gasteiger partial charge in [-0.05, 0) is 48.9 Å². The highest BCUT2D eigenvalue weighted by Gasteiger charge is 2.24. The minimum atomic E-state index is 0.292. The normalized spacial score (nSPS) is 13.6. The van der Waals surface area contributed by atoms with Gasteiger partial charge in [-0.15, -0.1) is 0 Å². The first-order valence-corrected chi connectivity index (χ1v) is 7.27. The molecule has 0 radical (unpaired) electrons. The molecule has 0 bridgehead atoms. The van der Waals surface area contributed by atoms with Crippen LogP contribution in [0.5, 0.6) is 0 Å². The summed E-state index contributed by atoms with van der Waals surface area (Å²) < 4.78 is 0. The molecular weight excluding hydrogens is 242 g/mol. The molecule has 1 atom stereocenters. The minimum Gasteiger partial charge on any atom is -0.316 e. The van der Waals surface area contributed by atoms with Gasteiger partial charge < -0.3 is 5.32 Å². The summed E-state index contributed by atoms with van der Waals surface area (Å²) in [7, 11) is 0. The van der Waals surface area contributed by atoms with Crippen LogP contribution in [0.15, 0.2) is 24.3 Å². The summed E-state index contributed by atoms with van der Waals surface area (Å²) in [6.07, 6.45) is 2.23. The van der Waals surface area contributed by atoms with Crippen molar-refractivity contribution in [2.45, 2.75) is 40.5 Å². The molecule has 1 rings (SSSR count). The van der Waals surface area contributed by atoms with Crippen LogP contribution in [0.2, 0.25) is 5.02 Å². The monoisotopic (exact) mass is 267 g/mol. The van der Waals surface area contributed by atoms with Crippen molar-refractivity contribution in [3.05, 3.63) is 34.9 Å². The fourth-order valence-corrected chi connectivity index (χ4v) is 2.28. The van der Waals surface area contributed by atoms with E-state index < -0.39 is 0 Å². The van der Waals surface area contributed by atoms with Crippen LogP contribution < -0.4 is 5.32 Å². The van der Waals surface area contributed by atoms with Crippen molar-refractivity contribution < 1.29 is 0 Å². The van der Waals surface area contributed by atoms with Gasteiger partial charge in [-0.2, -0.15) is 0 Å². The largest absolute Gasteiger partial charge is 0.316 e. The maximum Gasteiger partial charge on any atom is 0.0438 e. The SMILES string of the molecule is CCCNCC(Cc1ccccc1Cl)C(C)(C)C. The Kier molecular flexibility index (Phi) is 6.17. The first kappa shape index (κ1) is 15.5. The summed E-state index contributed by atoms with van der Waals surface area (Å²) in [6, 6.07) is 8.19. The molecule has 0 aliphatic carbocycles. The average molecular weight is 268 g/mol. The molecule has 1 unspecified atom stereocenters. The number of halogens is 1. The zero-order valence-electron chi connectivity index (χ0n) is 12.1. The Morgan fingerprint density at radius 2 is 1.89 bits per heavy atom. The molecule has 1 aromatic rings. The number of hydrogen-bond acceptors (Lipinski definition) is 1. The van der Waals surface area contributed by atoms with E-state index >= 15 is 0 Å². The molecule has 0 saturated heterocycles. The summed E-state index contributed by atoms with van der Waals surface area (Å²) in [5.41, 5.74) is 1.55. The molecule has 102 valence electrons. The molecule has 0 amide bonds. The van der Waals surface area contributed by atoms with Crippen molar-refractivity contribution in [2.75, 3.05) is 13.1 Å². The molecule has 18 heavy (non-hydrogen) atoms. The van der Waals surface area contributed by atoms with E-state index in [1.165, 1.54) is 12.0 Å². The van der Waals surface area contributed by atoms with Crippen molar-refractivity contribution in [1.29, 1.82) is 0 Å². The van der Waals surface area contributed by atoms with Gasteiger partial charge in [0, 0.05) is 5.02 Å². The van der Waals surface area contributed by atoms with Crippen molar-refractivity contribution in [3.8, 4) is 0 Å². The average Bonchev–Trinajstić information content (AvgIpc) is 2.29. The van der Waals surface area contributed by atoms with Gasteiger partial charge in [0.05, 0.1) is 0 Å². The Morgan fingerprint density at radius 3 is 2.44 bits per heavy atom. The Hall–Kier alpha value is -0.530. The quantitative estimate of drug-likeness (QED) is 0.746. The van der Waals surface area contributed by atoms with E-state index in [4.69, 9.17) is 11.6 Å². The van der Waals surface area contributed by atoms with E-state index in [1.54, 1.807) is 0 Å². The lowest BCUT2D eigenvalue weighted by Gasteiger charge is -2.31. The second kappa shape index (κ2) is 7.16. The summed E-state index contributed by atoms with van der Waals surface area (Å²) in [6.45, 7) is 11.3. The van der Waals surface area contributed by atoms with E-state index in [2.05, 4.69) is 45.1 Å². The number of rotatable bonds is 6. The van der Waals surface area contributed by atoms with Gasteiger partial charge >= 0.3 is 0 Å². The smallest absolute Gasteiger partial charge is 0.0438 e. The molecule has 2 heteroatoms. The predicted molar refractivity (Wildman–Crippen MR) is 81.3 cm³/mol. The highest BCUT2D eigenvalue weighted by Crippen LogP contribution is 2.30. The van der Waals surface area contributed by atoms with Crippen LogP contribution in [0, 0.1) is 11.3 Å².